The number of rotatable bonds is 2. The number of aromatic hydroxyl groups is 1. The molecule has 2 aliphatic rings. The first kappa shape index (κ1) is 21.0. The number of hydrogen-bond acceptors (Lipinski definition) is 6. The van der Waals surface area contributed by atoms with E-state index in [1.165, 1.54) is 7.11 Å². The quantitative estimate of drug-likeness (QED) is 0.794. The molecular formula is C23H27N3O5. The lowest BCUT2D eigenvalue weighted by Crippen LogP contribution is -2.43. The van der Waals surface area contributed by atoms with Gasteiger partial charge in [0.25, 0.3) is 5.56 Å². The van der Waals surface area contributed by atoms with E-state index in [0.29, 0.717) is 30.1 Å². The lowest BCUT2D eigenvalue weighted by atomic mass is 10.1. The van der Waals surface area contributed by atoms with Crippen molar-refractivity contribution in [1.29, 1.82) is 0 Å². The Morgan fingerprint density at radius 2 is 2.00 bits per heavy atom. The first-order chi connectivity index (χ1) is 14.7. The molecule has 1 N–H and O–H groups in total. The van der Waals surface area contributed by atoms with E-state index in [0.717, 1.165) is 29.8 Å². The summed E-state index contributed by atoms with van der Waals surface area (Å²) in [5.41, 5.74) is 2.45. The number of amides is 1. The number of hydrogen-bond donors (Lipinski definition) is 1. The molecule has 8 nitrogen and oxygen atoms in total. The van der Waals surface area contributed by atoms with Crippen molar-refractivity contribution in [2.24, 2.45) is 0 Å². The van der Waals surface area contributed by atoms with Crippen LogP contribution in [0.25, 0.3) is 11.6 Å². The summed E-state index contributed by atoms with van der Waals surface area (Å²) in [6.45, 7) is 6.92. The molecule has 0 saturated heterocycles. The lowest BCUT2D eigenvalue weighted by Gasteiger charge is -2.31. The Morgan fingerprint density at radius 1 is 1.23 bits per heavy atom. The van der Waals surface area contributed by atoms with Gasteiger partial charge in [-0.15, -0.1) is 0 Å². The first-order valence-electron chi connectivity index (χ1n) is 10.3. The Hall–Kier alpha value is -3.29. The number of phenols is 1. The lowest BCUT2D eigenvalue weighted by molar-refractivity contribution is 0.0220. The second-order valence-electron chi connectivity index (χ2n) is 8.82. The second-order valence-corrected chi connectivity index (χ2v) is 8.82. The van der Waals surface area contributed by atoms with Crippen LogP contribution in [-0.2, 0) is 24.2 Å². The van der Waals surface area contributed by atoms with E-state index >= 15 is 0 Å². The molecule has 0 saturated carbocycles. The molecule has 31 heavy (non-hydrogen) atoms. The van der Waals surface area contributed by atoms with Gasteiger partial charge in [-0.3, -0.25) is 4.79 Å². The highest BCUT2D eigenvalue weighted by Gasteiger charge is 2.31. The fraction of sp³-hybridized carbons (Fsp3) is 0.435. The summed E-state index contributed by atoms with van der Waals surface area (Å²) in [4.78, 5) is 31.2. The zero-order chi connectivity index (χ0) is 22.3. The predicted molar refractivity (Wildman–Crippen MR) is 116 cm³/mol. The van der Waals surface area contributed by atoms with E-state index in [4.69, 9.17) is 9.47 Å². The average Bonchev–Trinajstić information content (AvgIpc) is 3.10. The SMILES string of the molecule is COc1cc(/C=C2\CCn3c2nc(=O)c2c3CCN(C(=O)OC(C)(C)C)C2)ccc1O. The maximum Gasteiger partial charge on any atom is 0.410 e. The fourth-order valence-electron chi connectivity index (χ4n) is 4.03. The number of carbonyl (C=O) groups excluding carboxylic acids is 1. The fourth-order valence-corrected chi connectivity index (χ4v) is 4.03. The number of fused-ring (bicyclic) bond motifs is 3. The topological polar surface area (TPSA) is 93.9 Å². The maximum absolute atomic E-state index is 12.8. The van der Waals surface area contributed by atoms with E-state index in [9.17, 15) is 14.7 Å². The van der Waals surface area contributed by atoms with E-state index < -0.39 is 11.7 Å². The van der Waals surface area contributed by atoms with Gasteiger partial charge in [0.1, 0.15) is 11.4 Å². The van der Waals surface area contributed by atoms with Gasteiger partial charge >= 0.3 is 6.09 Å². The van der Waals surface area contributed by atoms with E-state index in [-0.39, 0.29) is 17.9 Å². The van der Waals surface area contributed by atoms with Crippen LogP contribution in [0, 0.1) is 0 Å². The molecular weight excluding hydrogens is 398 g/mol. The Balaban J connectivity index is 1.64. The van der Waals surface area contributed by atoms with Crippen molar-refractivity contribution in [2.45, 2.75) is 52.3 Å². The van der Waals surface area contributed by atoms with Crippen LogP contribution in [0.1, 0.15) is 49.8 Å². The molecule has 4 rings (SSSR count). The smallest absolute Gasteiger partial charge is 0.410 e. The molecule has 0 aliphatic carbocycles. The van der Waals surface area contributed by atoms with Crippen molar-refractivity contribution in [3.8, 4) is 11.5 Å². The Bertz CT molecular complexity index is 1130. The molecule has 0 spiro atoms. The molecule has 3 heterocycles. The van der Waals surface area contributed by atoms with Crippen LogP contribution in [0.15, 0.2) is 23.0 Å². The third-order valence-corrected chi connectivity index (χ3v) is 5.45. The molecule has 0 fully saturated rings. The monoisotopic (exact) mass is 425 g/mol. The van der Waals surface area contributed by atoms with Crippen LogP contribution >= 0.6 is 0 Å². The number of ether oxygens (including phenoxy) is 2. The average molecular weight is 425 g/mol. The van der Waals surface area contributed by atoms with Crippen LogP contribution in [0.2, 0.25) is 0 Å². The van der Waals surface area contributed by atoms with E-state index in [2.05, 4.69) is 9.55 Å². The van der Waals surface area contributed by atoms with Gasteiger partial charge in [0, 0.05) is 25.2 Å². The van der Waals surface area contributed by atoms with Crippen molar-refractivity contribution in [2.75, 3.05) is 13.7 Å². The third-order valence-electron chi connectivity index (χ3n) is 5.45. The predicted octanol–water partition coefficient (Wildman–Crippen LogP) is 3.20. The number of allylic oxidation sites excluding steroid dienone is 1. The largest absolute Gasteiger partial charge is 0.504 e. The number of nitrogens with zero attached hydrogens (tertiary/aromatic N) is 3. The number of carbonyl (C=O) groups is 1. The van der Waals surface area contributed by atoms with Crippen molar-refractivity contribution in [1.82, 2.24) is 14.5 Å². The Labute approximate surface area is 180 Å². The summed E-state index contributed by atoms with van der Waals surface area (Å²) >= 11 is 0. The molecule has 0 unspecified atom stereocenters. The summed E-state index contributed by atoms with van der Waals surface area (Å²) in [6, 6.07) is 5.13. The number of methoxy groups -OCH3 is 1. The number of aromatic nitrogens is 2. The molecule has 1 amide bonds. The molecule has 8 heteroatoms. The summed E-state index contributed by atoms with van der Waals surface area (Å²) < 4.78 is 12.7. The minimum Gasteiger partial charge on any atom is -0.504 e. The highest BCUT2D eigenvalue weighted by atomic mass is 16.6. The van der Waals surface area contributed by atoms with Gasteiger partial charge in [0.2, 0.25) is 0 Å². The zero-order valence-electron chi connectivity index (χ0n) is 18.3. The Kier molecular flexibility index (Phi) is 5.24. The summed E-state index contributed by atoms with van der Waals surface area (Å²) in [7, 11) is 1.50. The normalized spacial score (nSPS) is 16.8. The van der Waals surface area contributed by atoms with E-state index in [1.54, 1.807) is 23.1 Å². The second kappa shape index (κ2) is 7.76. The first-order valence-corrected chi connectivity index (χ1v) is 10.3. The summed E-state index contributed by atoms with van der Waals surface area (Å²) in [6.07, 6.45) is 2.89. The third kappa shape index (κ3) is 4.15. The minimum atomic E-state index is -0.584. The molecule has 164 valence electrons. The minimum absolute atomic E-state index is 0.0782. The van der Waals surface area contributed by atoms with Crippen molar-refractivity contribution >= 4 is 17.7 Å². The standard InChI is InChI=1S/C23H27N3O5/c1-23(2,3)31-22(29)25-9-8-17-16(13-25)21(28)24-20-15(7-10-26(17)20)11-14-5-6-18(27)19(12-14)30-4/h5-6,11-12,27H,7-10,13H2,1-4H3/b15-11+. The van der Waals surface area contributed by atoms with Gasteiger partial charge in [-0.05, 0) is 56.5 Å². The van der Waals surface area contributed by atoms with Crippen LogP contribution in [0.4, 0.5) is 4.79 Å². The van der Waals surface area contributed by atoms with Crippen molar-refractivity contribution in [3.63, 3.8) is 0 Å². The van der Waals surface area contributed by atoms with Gasteiger partial charge in [-0.1, -0.05) is 6.07 Å². The van der Waals surface area contributed by atoms with Crippen LogP contribution in [0.3, 0.4) is 0 Å². The van der Waals surface area contributed by atoms with Crippen LogP contribution in [-0.4, -0.2) is 44.9 Å². The maximum atomic E-state index is 12.8. The Morgan fingerprint density at radius 3 is 2.71 bits per heavy atom. The number of phenolic OH excluding ortho intramolecular Hbond substituents is 1. The van der Waals surface area contributed by atoms with Crippen LogP contribution < -0.4 is 10.3 Å². The van der Waals surface area contributed by atoms with Gasteiger partial charge in [-0.2, -0.15) is 4.98 Å². The molecule has 2 aliphatic heterocycles. The highest BCUT2D eigenvalue weighted by Crippen LogP contribution is 2.33. The summed E-state index contributed by atoms with van der Waals surface area (Å²) in [5, 5.41) is 9.80. The molecule has 0 radical (unpaired) electrons. The van der Waals surface area contributed by atoms with Crippen molar-refractivity contribution < 1.29 is 19.4 Å². The molecule has 2 aromatic rings. The van der Waals surface area contributed by atoms with Gasteiger partial charge in [-0.25, -0.2) is 4.79 Å². The van der Waals surface area contributed by atoms with Gasteiger partial charge in [0.05, 0.1) is 19.2 Å². The molecule has 0 bridgehead atoms. The molecule has 1 aromatic heterocycles. The van der Waals surface area contributed by atoms with E-state index in [1.807, 2.05) is 26.8 Å². The summed E-state index contributed by atoms with van der Waals surface area (Å²) in [5.74, 6) is 1.14. The van der Waals surface area contributed by atoms with Crippen molar-refractivity contribution in [3.05, 3.63) is 51.2 Å². The zero-order valence-corrected chi connectivity index (χ0v) is 18.3. The molecule has 1 aromatic carbocycles. The van der Waals surface area contributed by atoms with Gasteiger partial charge in [0.15, 0.2) is 11.5 Å². The molecule has 0 atom stereocenters. The van der Waals surface area contributed by atoms with Gasteiger partial charge < -0.3 is 24.0 Å². The van der Waals surface area contributed by atoms with Crippen LogP contribution in [0.5, 0.6) is 11.5 Å². The highest BCUT2D eigenvalue weighted by molar-refractivity contribution is 5.81. The number of benzene rings is 1.